The number of aliphatic carboxylic acids is 1. The van der Waals surface area contributed by atoms with E-state index in [1.807, 2.05) is 60.3 Å². The number of carboxylic acid groups (broad SMARTS) is 1. The molecule has 1 aliphatic carbocycles. The molecule has 3 aromatic carbocycles. The molecule has 0 saturated heterocycles. The van der Waals surface area contributed by atoms with Crippen molar-refractivity contribution in [1.82, 2.24) is 4.98 Å². The van der Waals surface area contributed by atoms with Crippen LogP contribution in [0.1, 0.15) is 53.3 Å². The van der Waals surface area contributed by atoms with Crippen LogP contribution in [0.2, 0.25) is 5.02 Å². The number of pyridine rings is 1. The molecule has 0 aliphatic heterocycles. The average Bonchev–Trinajstić information content (AvgIpc) is 3.68. The van der Waals surface area contributed by atoms with Crippen LogP contribution in [-0.2, 0) is 11.2 Å². The molecule has 1 aliphatic rings. The number of carboxylic acids is 1. The summed E-state index contributed by atoms with van der Waals surface area (Å²) >= 11 is 8.25. The van der Waals surface area contributed by atoms with Gasteiger partial charge in [0.05, 0.1) is 17.6 Å². The van der Waals surface area contributed by atoms with Crippen LogP contribution in [0, 0.1) is 17.0 Å². The summed E-state index contributed by atoms with van der Waals surface area (Å²) < 4.78 is 27.2. The maximum absolute atomic E-state index is 13.7. The molecular formula is C32H28ClF2NO2S. The van der Waals surface area contributed by atoms with Crippen molar-refractivity contribution in [3.63, 3.8) is 0 Å². The standard InChI is InChI=1S/C32H28ClF2NO2S/c33-26-7-2-1-5-22(26)10-13-30(39-20-32(14-15-32)19-31(37)38)24-6-3-4-21(16-24)8-11-25-12-9-23-17-27(34)28(35)18-29(23)36-25/h1-9,11-12,16-18,30H,10,13-15,19-20H2,(H,37,38). The molecule has 5 rings (SSSR count). The van der Waals surface area contributed by atoms with Gasteiger partial charge in [0.2, 0.25) is 0 Å². The van der Waals surface area contributed by atoms with E-state index in [1.54, 1.807) is 12.1 Å². The molecule has 0 bridgehead atoms. The molecule has 0 amide bonds. The minimum absolute atomic E-state index is 0.0964. The van der Waals surface area contributed by atoms with E-state index in [0.717, 1.165) is 59.7 Å². The van der Waals surface area contributed by atoms with Gasteiger partial charge in [0.15, 0.2) is 11.6 Å². The molecule has 7 heteroatoms. The second-order valence-corrected chi connectivity index (χ2v) is 11.8. The SMILES string of the molecule is O=C(O)CC1(CSC(CCc2ccccc2Cl)c2cccc(C=Cc3ccc4cc(F)c(F)cc4n3)c2)CC1. The summed E-state index contributed by atoms with van der Waals surface area (Å²) in [4.78, 5) is 15.8. The van der Waals surface area contributed by atoms with Crippen LogP contribution >= 0.6 is 23.4 Å². The number of fused-ring (bicyclic) bond motifs is 1. The lowest BCUT2D eigenvalue weighted by atomic mass is 10.0. The number of nitrogens with zero attached hydrogens (tertiary/aromatic N) is 1. The molecule has 3 nitrogen and oxygen atoms in total. The molecular weight excluding hydrogens is 536 g/mol. The summed E-state index contributed by atoms with van der Waals surface area (Å²) in [5, 5.41) is 10.8. The van der Waals surface area contributed by atoms with Gasteiger partial charge in [-0.15, -0.1) is 0 Å². The van der Waals surface area contributed by atoms with E-state index >= 15 is 0 Å². The molecule has 1 atom stereocenters. The Balaban J connectivity index is 1.35. The van der Waals surface area contributed by atoms with Gasteiger partial charge in [-0.25, -0.2) is 13.8 Å². The van der Waals surface area contributed by atoms with Crippen LogP contribution in [0.3, 0.4) is 0 Å². The first-order chi connectivity index (χ1) is 18.8. The highest BCUT2D eigenvalue weighted by molar-refractivity contribution is 7.99. The largest absolute Gasteiger partial charge is 0.481 e. The summed E-state index contributed by atoms with van der Waals surface area (Å²) in [6.45, 7) is 0. The van der Waals surface area contributed by atoms with E-state index in [0.29, 0.717) is 16.6 Å². The Morgan fingerprint density at radius 3 is 2.59 bits per heavy atom. The number of aromatic nitrogens is 1. The minimum atomic E-state index is -0.916. The Hall–Kier alpha value is -3.22. The van der Waals surface area contributed by atoms with Crippen molar-refractivity contribution in [1.29, 1.82) is 0 Å². The van der Waals surface area contributed by atoms with Crippen LogP contribution in [0.15, 0.2) is 72.8 Å². The summed E-state index contributed by atoms with van der Waals surface area (Å²) in [7, 11) is 0. The second kappa shape index (κ2) is 11.9. The van der Waals surface area contributed by atoms with Crippen LogP contribution in [0.25, 0.3) is 23.1 Å². The quantitative estimate of drug-likeness (QED) is 0.198. The fourth-order valence-electron chi connectivity index (χ4n) is 4.75. The fraction of sp³-hybridized carbons (Fsp3) is 0.250. The van der Waals surface area contributed by atoms with Gasteiger partial charge in [0.1, 0.15) is 0 Å². The summed E-state index contributed by atoms with van der Waals surface area (Å²) in [5.41, 5.74) is 4.22. The van der Waals surface area contributed by atoms with E-state index in [4.69, 9.17) is 11.6 Å². The van der Waals surface area contributed by atoms with Crippen LogP contribution in [0.5, 0.6) is 0 Å². The first kappa shape index (κ1) is 27.4. The molecule has 1 heterocycles. The zero-order valence-corrected chi connectivity index (χ0v) is 22.8. The lowest BCUT2D eigenvalue weighted by molar-refractivity contribution is -0.138. The molecule has 0 radical (unpaired) electrons. The third-order valence-electron chi connectivity index (χ3n) is 7.19. The van der Waals surface area contributed by atoms with Gasteiger partial charge in [0.25, 0.3) is 0 Å². The number of hydrogen-bond acceptors (Lipinski definition) is 3. The van der Waals surface area contributed by atoms with Crippen molar-refractivity contribution >= 4 is 52.4 Å². The van der Waals surface area contributed by atoms with Gasteiger partial charge in [-0.05, 0) is 72.1 Å². The number of carbonyl (C=O) groups is 1. The highest BCUT2D eigenvalue weighted by Gasteiger charge is 2.44. The Labute approximate surface area is 235 Å². The molecule has 1 fully saturated rings. The normalized spacial score (nSPS) is 15.1. The molecule has 1 N–H and O–H groups in total. The van der Waals surface area contributed by atoms with E-state index in [9.17, 15) is 18.7 Å². The average molecular weight is 564 g/mol. The number of hydrogen-bond donors (Lipinski definition) is 1. The van der Waals surface area contributed by atoms with Crippen molar-refractivity contribution in [3.8, 4) is 0 Å². The predicted octanol–water partition coefficient (Wildman–Crippen LogP) is 9.00. The Morgan fingerprint density at radius 2 is 1.82 bits per heavy atom. The van der Waals surface area contributed by atoms with Crippen molar-refractivity contribution in [3.05, 3.63) is 112 Å². The van der Waals surface area contributed by atoms with Crippen molar-refractivity contribution in [2.45, 2.75) is 37.4 Å². The zero-order valence-electron chi connectivity index (χ0n) is 21.2. The van der Waals surface area contributed by atoms with E-state index in [-0.39, 0.29) is 17.1 Å². The van der Waals surface area contributed by atoms with Crippen LogP contribution < -0.4 is 0 Å². The van der Waals surface area contributed by atoms with Crippen molar-refractivity contribution in [2.75, 3.05) is 5.75 Å². The maximum Gasteiger partial charge on any atom is 0.303 e. The number of halogens is 3. The smallest absolute Gasteiger partial charge is 0.303 e. The number of aryl methyl sites for hydroxylation is 1. The molecule has 1 saturated carbocycles. The van der Waals surface area contributed by atoms with Crippen LogP contribution in [-0.4, -0.2) is 21.8 Å². The monoisotopic (exact) mass is 563 g/mol. The topological polar surface area (TPSA) is 50.2 Å². The third kappa shape index (κ3) is 7.06. The first-order valence-electron chi connectivity index (χ1n) is 12.9. The minimum Gasteiger partial charge on any atom is -0.481 e. The van der Waals surface area contributed by atoms with Gasteiger partial charge >= 0.3 is 5.97 Å². The third-order valence-corrected chi connectivity index (χ3v) is 9.25. The highest BCUT2D eigenvalue weighted by atomic mass is 35.5. The number of rotatable bonds is 11. The summed E-state index contributed by atoms with van der Waals surface area (Å²) in [5.74, 6) is -1.73. The van der Waals surface area contributed by atoms with Gasteiger partial charge in [0, 0.05) is 27.5 Å². The maximum atomic E-state index is 13.7. The fourth-order valence-corrected chi connectivity index (χ4v) is 6.55. The molecule has 1 aromatic heterocycles. The molecule has 1 unspecified atom stereocenters. The predicted molar refractivity (Wildman–Crippen MR) is 156 cm³/mol. The number of thioether (sulfide) groups is 1. The van der Waals surface area contributed by atoms with Gasteiger partial charge in [-0.1, -0.05) is 66.2 Å². The summed E-state index contributed by atoms with van der Waals surface area (Å²) in [6, 6.07) is 21.9. The van der Waals surface area contributed by atoms with Crippen molar-refractivity contribution in [2.24, 2.45) is 5.41 Å². The summed E-state index contributed by atoms with van der Waals surface area (Å²) in [6.07, 6.45) is 7.65. The number of benzene rings is 3. The molecule has 200 valence electrons. The van der Waals surface area contributed by atoms with Gasteiger partial charge < -0.3 is 5.11 Å². The highest BCUT2D eigenvalue weighted by Crippen LogP contribution is 2.53. The molecule has 0 spiro atoms. The van der Waals surface area contributed by atoms with Crippen LogP contribution in [0.4, 0.5) is 8.78 Å². The Kier molecular flexibility index (Phi) is 8.34. The molecule has 4 aromatic rings. The van der Waals surface area contributed by atoms with Crippen molar-refractivity contribution < 1.29 is 18.7 Å². The second-order valence-electron chi connectivity index (χ2n) is 10.2. The Morgan fingerprint density at radius 1 is 1.03 bits per heavy atom. The van der Waals surface area contributed by atoms with E-state index in [1.165, 1.54) is 5.56 Å². The van der Waals surface area contributed by atoms with E-state index < -0.39 is 17.6 Å². The lowest BCUT2D eigenvalue weighted by Crippen LogP contribution is -2.12. The zero-order chi connectivity index (χ0) is 27.4. The van der Waals surface area contributed by atoms with Gasteiger partial charge in [-0.3, -0.25) is 4.79 Å². The lowest BCUT2D eigenvalue weighted by Gasteiger charge is -2.21. The van der Waals surface area contributed by atoms with E-state index in [2.05, 4.69) is 17.1 Å². The van der Waals surface area contributed by atoms with Gasteiger partial charge in [-0.2, -0.15) is 11.8 Å². The first-order valence-corrected chi connectivity index (χ1v) is 14.3. The Bertz CT molecular complexity index is 1540. The molecule has 39 heavy (non-hydrogen) atoms.